The second-order valence-electron chi connectivity index (χ2n) is 5.06. The first-order chi connectivity index (χ1) is 8.89. The quantitative estimate of drug-likeness (QED) is 0.802. The Bertz CT molecular complexity index is 718. The van der Waals surface area contributed by atoms with Gasteiger partial charge in [0.15, 0.2) is 9.84 Å². The van der Waals surface area contributed by atoms with E-state index in [0.29, 0.717) is 6.07 Å². The number of hydrogen-bond donors (Lipinski definition) is 2. The average Bonchev–Trinajstić information content (AvgIpc) is 2.25. The predicted octanol–water partition coefficient (Wildman–Crippen LogP) is 0.667. The lowest BCUT2D eigenvalue weighted by Gasteiger charge is -2.23. The van der Waals surface area contributed by atoms with Crippen LogP contribution in [0.2, 0.25) is 0 Å². The number of nitrogens with two attached hydrogens (primary N) is 1. The molecule has 0 spiro atoms. The van der Waals surface area contributed by atoms with Crippen molar-refractivity contribution in [2.24, 2.45) is 5.73 Å². The fourth-order valence-corrected chi connectivity index (χ4v) is 3.58. The molecule has 0 aromatic heterocycles. The Balaban J connectivity index is 0.00000400. The highest BCUT2D eigenvalue weighted by atomic mass is 35.5. The third-order valence-corrected chi connectivity index (χ3v) is 5.36. The van der Waals surface area contributed by atoms with Crippen molar-refractivity contribution in [2.75, 3.05) is 12.8 Å². The lowest BCUT2D eigenvalue weighted by Crippen LogP contribution is -2.48. The molecule has 0 radical (unpaired) electrons. The molecule has 0 saturated carbocycles. The largest absolute Gasteiger partial charge is 0.329 e. The summed E-state index contributed by atoms with van der Waals surface area (Å²) in [5.74, 6) is -1.11. The van der Waals surface area contributed by atoms with E-state index in [1.165, 1.54) is 0 Å². The highest BCUT2D eigenvalue weighted by Gasteiger charge is 2.26. The molecule has 1 aromatic rings. The Morgan fingerprint density at radius 1 is 1.24 bits per heavy atom. The molecule has 0 bridgehead atoms. The second kappa shape index (κ2) is 6.57. The number of halogens is 2. The second-order valence-corrected chi connectivity index (χ2v) is 8.72. The standard InChI is InChI=1S/C11H17FN2O4S2.ClH/c1-11(2,7-13)14-20(17,18)8-4-5-10(9(12)6-8)19(3,15)16;/h4-6,14H,7,13H2,1-3H3;1H. The van der Waals surface area contributed by atoms with Gasteiger partial charge in [-0.15, -0.1) is 12.4 Å². The molecule has 0 amide bonds. The van der Waals surface area contributed by atoms with Crippen molar-refractivity contribution in [1.82, 2.24) is 4.72 Å². The Labute approximate surface area is 130 Å². The van der Waals surface area contributed by atoms with Crippen molar-refractivity contribution in [2.45, 2.75) is 29.2 Å². The first kappa shape index (κ1) is 20.3. The Morgan fingerprint density at radius 2 is 1.76 bits per heavy atom. The molecule has 21 heavy (non-hydrogen) atoms. The van der Waals surface area contributed by atoms with Gasteiger partial charge in [0.1, 0.15) is 10.7 Å². The molecule has 0 heterocycles. The summed E-state index contributed by atoms with van der Waals surface area (Å²) >= 11 is 0. The van der Waals surface area contributed by atoms with Crippen LogP contribution in [0.15, 0.2) is 28.0 Å². The molecule has 0 atom stereocenters. The molecule has 122 valence electrons. The van der Waals surface area contributed by atoms with Crippen LogP contribution in [0.5, 0.6) is 0 Å². The van der Waals surface area contributed by atoms with Gasteiger partial charge in [-0.25, -0.2) is 25.9 Å². The summed E-state index contributed by atoms with van der Waals surface area (Å²) < 4.78 is 62.6. The molecule has 0 aliphatic heterocycles. The van der Waals surface area contributed by atoms with Gasteiger partial charge in [0, 0.05) is 18.3 Å². The highest BCUT2D eigenvalue weighted by molar-refractivity contribution is 7.90. The van der Waals surface area contributed by atoms with Crippen LogP contribution in [0.1, 0.15) is 13.8 Å². The van der Waals surface area contributed by atoms with Gasteiger partial charge in [0.05, 0.1) is 4.90 Å². The third kappa shape index (κ3) is 5.19. The lowest BCUT2D eigenvalue weighted by atomic mass is 10.1. The van der Waals surface area contributed by atoms with Crippen LogP contribution in [-0.4, -0.2) is 35.2 Å². The van der Waals surface area contributed by atoms with Crippen molar-refractivity contribution in [3.8, 4) is 0 Å². The first-order valence-corrected chi connectivity index (χ1v) is 9.00. The molecule has 0 aliphatic rings. The molecule has 0 saturated heterocycles. The van der Waals surface area contributed by atoms with Crippen LogP contribution in [0, 0.1) is 5.82 Å². The van der Waals surface area contributed by atoms with E-state index in [2.05, 4.69) is 4.72 Å². The molecular formula is C11H18ClFN2O4S2. The van der Waals surface area contributed by atoms with Crippen molar-refractivity contribution in [1.29, 1.82) is 0 Å². The van der Waals surface area contributed by atoms with E-state index >= 15 is 0 Å². The van der Waals surface area contributed by atoms with Crippen molar-refractivity contribution in [3.63, 3.8) is 0 Å². The molecular weight excluding hydrogens is 343 g/mol. The molecule has 1 rings (SSSR count). The molecule has 10 heteroatoms. The van der Waals surface area contributed by atoms with Crippen LogP contribution in [-0.2, 0) is 19.9 Å². The van der Waals surface area contributed by atoms with Crippen molar-refractivity contribution < 1.29 is 21.2 Å². The number of rotatable bonds is 5. The van der Waals surface area contributed by atoms with Gasteiger partial charge in [0.25, 0.3) is 0 Å². The first-order valence-electron chi connectivity index (χ1n) is 5.63. The lowest BCUT2D eigenvalue weighted by molar-refractivity contribution is 0.462. The van der Waals surface area contributed by atoms with Crippen LogP contribution in [0.4, 0.5) is 4.39 Å². The van der Waals surface area contributed by atoms with Gasteiger partial charge < -0.3 is 5.73 Å². The fraction of sp³-hybridized carbons (Fsp3) is 0.455. The maximum Gasteiger partial charge on any atom is 0.241 e. The topological polar surface area (TPSA) is 106 Å². The minimum atomic E-state index is -3.98. The molecule has 0 aliphatic carbocycles. The summed E-state index contributed by atoms with van der Waals surface area (Å²) in [7, 11) is -7.73. The monoisotopic (exact) mass is 360 g/mol. The van der Waals surface area contributed by atoms with Crippen LogP contribution >= 0.6 is 12.4 Å². The van der Waals surface area contributed by atoms with Crippen molar-refractivity contribution in [3.05, 3.63) is 24.0 Å². The fourth-order valence-electron chi connectivity index (χ4n) is 1.41. The summed E-state index contributed by atoms with van der Waals surface area (Å²) in [6, 6.07) is 2.63. The van der Waals surface area contributed by atoms with E-state index in [0.717, 1.165) is 18.4 Å². The zero-order valence-electron chi connectivity index (χ0n) is 11.8. The maximum atomic E-state index is 13.7. The Hall–Kier alpha value is -0.740. The number of sulfone groups is 1. The van der Waals surface area contributed by atoms with E-state index in [1.54, 1.807) is 13.8 Å². The highest BCUT2D eigenvalue weighted by Crippen LogP contribution is 2.20. The molecule has 0 fully saturated rings. The summed E-state index contributed by atoms with van der Waals surface area (Å²) in [4.78, 5) is -0.904. The Morgan fingerprint density at radius 3 is 2.14 bits per heavy atom. The minimum Gasteiger partial charge on any atom is -0.329 e. The van der Waals surface area contributed by atoms with E-state index in [4.69, 9.17) is 5.73 Å². The zero-order chi connectivity index (χ0) is 15.8. The van der Waals surface area contributed by atoms with Gasteiger partial charge in [-0.1, -0.05) is 0 Å². The molecule has 1 aromatic carbocycles. The van der Waals surface area contributed by atoms with E-state index in [9.17, 15) is 21.2 Å². The molecule has 3 N–H and O–H groups in total. The van der Waals surface area contributed by atoms with Gasteiger partial charge in [-0.05, 0) is 32.0 Å². The summed E-state index contributed by atoms with van der Waals surface area (Å²) in [6.07, 6.45) is 0.843. The van der Waals surface area contributed by atoms with Gasteiger partial charge >= 0.3 is 0 Å². The van der Waals surface area contributed by atoms with Crippen LogP contribution in [0.25, 0.3) is 0 Å². The number of sulfonamides is 1. The van der Waals surface area contributed by atoms with Crippen molar-refractivity contribution >= 4 is 32.3 Å². The average molecular weight is 361 g/mol. The zero-order valence-corrected chi connectivity index (χ0v) is 14.2. The van der Waals surface area contributed by atoms with Crippen LogP contribution in [0.3, 0.4) is 0 Å². The van der Waals surface area contributed by atoms with Gasteiger partial charge in [-0.3, -0.25) is 0 Å². The Kier molecular flexibility index (Phi) is 6.34. The SMILES string of the molecule is CC(C)(CN)NS(=O)(=O)c1ccc(S(C)(=O)=O)c(F)c1.Cl. The summed E-state index contributed by atoms with van der Waals surface area (Å²) in [5, 5.41) is 0. The minimum absolute atomic E-state index is 0. The molecule has 6 nitrogen and oxygen atoms in total. The van der Waals surface area contributed by atoms with E-state index in [-0.39, 0.29) is 23.8 Å². The number of hydrogen-bond acceptors (Lipinski definition) is 5. The maximum absolute atomic E-state index is 13.7. The van der Waals surface area contributed by atoms with Gasteiger partial charge in [0.2, 0.25) is 10.0 Å². The number of nitrogens with one attached hydrogen (secondary N) is 1. The van der Waals surface area contributed by atoms with Gasteiger partial charge in [-0.2, -0.15) is 0 Å². The number of benzene rings is 1. The predicted molar refractivity (Wildman–Crippen MR) is 80.2 cm³/mol. The van der Waals surface area contributed by atoms with E-state index < -0.39 is 36.1 Å². The van der Waals surface area contributed by atoms with E-state index in [1.807, 2.05) is 0 Å². The summed E-state index contributed by atoms with van der Waals surface area (Å²) in [6.45, 7) is 3.20. The normalized spacial score (nSPS) is 12.8. The summed E-state index contributed by atoms with van der Waals surface area (Å²) in [5.41, 5.74) is 4.52. The van der Waals surface area contributed by atoms with Crippen LogP contribution < -0.4 is 10.5 Å². The molecule has 0 unspecified atom stereocenters. The third-order valence-electron chi connectivity index (χ3n) is 2.53. The smallest absolute Gasteiger partial charge is 0.241 e.